The molecular weight excluding hydrogens is 365 g/mol. The minimum atomic E-state index is -4.14. The molecule has 0 radical (unpaired) electrons. The SMILES string of the molecule is CCCCC(CC)COP(=O)([O-])OCC(CC)CCCC.C[NH+](C)CCO. The van der Waals surface area contributed by atoms with Crippen molar-refractivity contribution in [2.45, 2.75) is 79.1 Å². The average Bonchev–Trinajstić information content (AvgIpc) is 2.62. The average molecular weight is 412 g/mol. The van der Waals surface area contributed by atoms with Crippen LogP contribution in [0.4, 0.5) is 0 Å². The molecule has 0 aromatic heterocycles. The van der Waals surface area contributed by atoms with Crippen LogP contribution in [-0.4, -0.2) is 45.6 Å². The molecule has 0 aromatic rings. The molecule has 2 N–H and O–H groups in total. The molecule has 0 aliphatic carbocycles. The maximum Gasteiger partial charge on any atom is 0.267 e. The highest BCUT2D eigenvalue weighted by Gasteiger charge is 2.16. The Morgan fingerprint density at radius 2 is 1.33 bits per heavy atom. The third kappa shape index (κ3) is 20.6. The van der Waals surface area contributed by atoms with E-state index in [0.717, 1.165) is 57.9 Å². The molecule has 0 fully saturated rings. The highest BCUT2D eigenvalue weighted by atomic mass is 31.2. The van der Waals surface area contributed by atoms with Crippen molar-refractivity contribution in [3.8, 4) is 0 Å². The molecule has 0 bridgehead atoms. The van der Waals surface area contributed by atoms with Gasteiger partial charge >= 0.3 is 0 Å². The second kappa shape index (κ2) is 19.4. The van der Waals surface area contributed by atoms with Gasteiger partial charge in [0, 0.05) is 0 Å². The Morgan fingerprint density at radius 1 is 0.926 bits per heavy atom. The smallest absolute Gasteiger partial charge is 0.267 e. The lowest BCUT2D eigenvalue weighted by Gasteiger charge is -2.27. The minimum Gasteiger partial charge on any atom is -0.756 e. The number of aliphatic hydroxyl groups is 1. The third-order valence-corrected chi connectivity index (χ3v) is 5.57. The van der Waals surface area contributed by atoms with Crippen molar-refractivity contribution in [2.75, 3.05) is 40.5 Å². The zero-order valence-electron chi connectivity index (χ0n) is 18.7. The first-order valence-corrected chi connectivity index (χ1v) is 12.2. The lowest BCUT2D eigenvalue weighted by molar-refractivity contribution is -0.858. The predicted molar refractivity (Wildman–Crippen MR) is 111 cm³/mol. The minimum absolute atomic E-state index is 0.253. The van der Waals surface area contributed by atoms with Crippen molar-refractivity contribution in [1.82, 2.24) is 0 Å². The summed E-state index contributed by atoms with van der Waals surface area (Å²) in [5.74, 6) is 0.607. The van der Waals surface area contributed by atoms with Crippen LogP contribution in [-0.2, 0) is 13.6 Å². The maximum atomic E-state index is 11.8. The Labute approximate surface area is 168 Å². The van der Waals surface area contributed by atoms with Gasteiger partial charge in [-0.15, -0.1) is 0 Å². The Bertz CT molecular complexity index is 331. The number of phosphoric acid groups is 1. The van der Waals surface area contributed by atoms with Crippen LogP contribution in [0.3, 0.4) is 0 Å². The fourth-order valence-electron chi connectivity index (χ4n) is 2.45. The molecular formula is C20H46NO5P. The van der Waals surface area contributed by atoms with Crippen LogP contribution in [0.15, 0.2) is 0 Å². The molecule has 0 rings (SSSR count). The number of hydrogen-bond donors (Lipinski definition) is 2. The van der Waals surface area contributed by atoms with Crippen molar-refractivity contribution in [3.05, 3.63) is 0 Å². The summed E-state index contributed by atoms with van der Waals surface area (Å²) in [6.07, 6.45) is 8.38. The Balaban J connectivity index is 0. The fourth-order valence-corrected chi connectivity index (χ4v) is 3.31. The van der Waals surface area contributed by atoms with Gasteiger partial charge in [-0.05, 0) is 24.7 Å². The van der Waals surface area contributed by atoms with E-state index in [2.05, 4.69) is 27.7 Å². The molecule has 0 aromatic carbocycles. The number of quaternary nitrogens is 1. The van der Waals surface area contributed by atoms with Gasteiger partial charge in [-0.2, -0.15) is 0 Å². The molecule has 0 amide bonds. The molecule has 0 aliphatic rings. The van der Waals surface area contributed by atoms with Crippen LogP contribution in [0.25, 0.3) is 0 Å². The molecule has 7 heteroatoms. The first-order chi connectivity index (χ1) is 12.8. The van der Waals surface area contributed by atoms with E-state index in [-0.39, 0.29) is 13.2 Å². The second-order valence-electron chi connectivity index (χ2n) is 7.55. The van der Waals surface area contributed by atoms with Crippen LogP contribution in [0.2, 0.25) is 0 Å². The van der Waals surface area contributed by atoms with Gasteiger partial charge in [0.05, 0.1) is 33.9 Å². The fraction of sp³-hybridized carbons (Fsp3) is 1.00. The maximum absolute atomic E-state index is 11.8. The summed E-state index contributed by atoms with van der Waals surface area (Å²) in [5.41, 5.74) is 0. The van der Waals surface area contributed by atoms with E-state index in [1.807, 2.05) is 14.1 Å². The Kier molecular flexibility index (Phi) is 21.0. The third-order valence-electron chi connectivity index (χ3n) is 4.64. The zero-order chi connectivity index (χ0) is 21.1. The van der Waals surface area contributed by atoms with Crippen molar-refractivity contribution in [2.24, 2.45) is 11.8 Å². The van der Waals surface area contributed by atoms with Crippen molar-refractivity contribution in [3.63, 3.8) is 0 Å². The van der Waals surface area contributed by atoms with Gasteiger partial charge in [0.25, 0.3) is 7.82 Å². The molecule has 2 atom stereocenters. The van der Waals surface area contributed by atoms with E-state index in [0.29, 0.717) is 18.4 Å². The Morgan fingerprint density at radius 3 is 1.56 bits per heavy atom. The molecule has 2 unspecified atom stereocenters. The van der Waals surface area contributed by atoms with Crippen LogP contribution in [0.5, 0.6) is 0 Å². The monoisotopic (exact) mass is 411 g/mol. The first-order valence-electron chi connectivity index (χ1n) is 10.8. The molecule has 0 saturated carbocycles. The van der Waals surface area contributed by atoms with Gasteiger partial charge < -0.3 is 23.9 Å². The molecule has 6 nitrogen and oxygen atoms in total. The summed E-state index contributed by atoms with van der Waals surface area (Å²) in [6.45, 7) is 10.1. The lowest BCUT2D eigenvalue weighted by atomic mass is 10.0. The molecule has 27 heavy (non-hydrogen) atoms. The standard InChI is InChI=1S/C16H35O4P.C4H11NO/c1-5-9-11-15(7-3)13-19-21(17,18)20-14-16(8-4)12-10-6-2;1-5(2)3-4-6/h15-16H,5-14H2,1-4H3,(H,17,18);6H,3-4H2,1-2H3. The van der Waals surface area contributed by atoms with E-state index in [1.165, 1.54) is 4.90 Å². The highest BCUT2D eigenvalue weighted by Crippen LogP contribution is 2.40. The van der Waals surface area contributed by atoms with E-state index in [1.54, 1.807) is 0 Å². The number of unbranched alkanes of at least 4 members (excludes halogenated alkanes) is 2. The van der Waals surface area contributed by atoms with Crippen molar-refractivity contribution >= 4 is 7.82 Å². The summed E-state index contributed by atoms with van der Waals surface area (Å²) >= 11 is 0. The molecule has 166 valence electrons. The van der Waals surface area contributed by atoms with Gasteiger partial charge in [-0.1, -0.05) is 66.2 Å². The van der Waals surface area contributed by atoms with Crippen molar-refractivity contribution in [1.29, 1.82) is 0 Å². The topological polar surface area (TPSA) is 83.3 Å². The van der Waals surface area contributed by atoms with Crippen molar-refractivity contribution < 1.29 is 28.5 Å². The molecule has 0 aliphatic heterocycles. The number of hydrogen-bond acceptors (Lipinski definition) is 5. The molecule has 0 spiro atoms. The van der Waals surface area contributed by atoms with E-state index >= 15 is 0 Å². The van der Waals surface area contributed by atoms with Crippen LogP contribution in [0.1, 0.15) is 79.1 Å². The second-order valence-corrected chi connectivity index (χ2v) is 8.96. The lowest BCUT2D eigenvalue weighted by Crippen LogP contribution is -3.06. The number of rotatable bonds is 16. The van der Waals surface area contributed by atoms with E-state index in [9.17, 15) is 9.46 Å². The summed E-state index contributed by atoms with van der Waals surface area (Å²) in [6, 6.07) is 0. The quantitative estimate of drug-likeness (QED) is 0.382. The van der Waals surface area contributed by atoms with Crippen LogP contribution >= 0.6 is 7.82 Å². The largest absolute Gasteiger partial charge is 0.756 e. The summed E-state index contributed by atoms with van der Waals surface area (Å²) in [5, 5.41) is 8.22. The van der Waals surface area contributed by atoms with Gasteiger partial charge in [0.2, 0.25) is 0 Å². The first kappa shape index (κ1) is 29.2. The van der Waals surface area contributed by atoms with E-state index < -0.39 is 7.82 Å². The number of likely N-dealkylation sites (N-methyl/N-ethyl adjacent to an activating group) is 1. The summed E-state index contributed by atoms with van der Waals surface area (Å²) in [4.78, 5) is 13.1. The Hall–Kier alpha value is 0.0300. The highest BCUT2D eigenvalue weighted by molar-refractivity contribution is 7.45. The van der Waals surface area contributed by atoms with Crippen LogP contribution in [0, 0.1) is 11.8 Å². The molecule has 0 heterocycles. The van der Waals surface area contributed by atoms with Gasteiger partial charge in [-0.3, -0.25) is 4.57 Å². The number of aliphatic hydroxyl groups excluding tert-OH is 1. The van der Waals surface area contributed by atoms with Gasteiger partial charge in [-0.25, -0.2) is 0 Å². The van der Waals surface area contributed by atoms with Gasteiger partial charge in [0.1, 0.15) is 6.54 Å². The van der Waals surface area contributed by atoms with E-state index in [4.69, 9.17) is 14.2 Å². The summed E-state index contributed by atoms with van der Waals surface area (Å²) < 4.78 is 21.9. The normalized spacial score (nSPS) is 15.7. The zero-order valence-corrected chi connectivity index (χ0v) is 19.6. The predicted octanol–water partition coefficient (Wildman–Crippen LogP) is 3.04. The number of phosphoric ester groups is 1. The molecule has 0 saturated heterocycles. The van der Waals surface area contributed by atoms with Gasteiger partial charge in [0.15, 0.2) is 0 Å². The number of nitrogens with one attached hydrogen (secondary N) is 1. The summed E-state index contributed by atoms with van der Waals surface area (Å²) in [7, 11) is -0.121. The van der Waals surface area contributed by atoms with Crippen LogP contribution < -0.4 is 9.79 Å².